The van der Waals surface area contributed by atoms with Gasteiger partial charge in [0.1, 0.15) is 11.5 Å². The fraction of sp³-hybridized carbons (Fsp3) is 0.0556. The Bertz CT molecular complexity index is 1080. The van der Waals surface area contributed by atoms with Crippen LogP contribution in [0.4, 0.5) is 4.39 Å². The molecule has 0 saturated carbocycles. The summed E-state index contributed by atoms with van der Waals surface area (Å²) in [4.78, 5) is 8.76. The van der Waals surface area contributed by atoms with Crippen molar-refractivity contribution in [2.75, 3.05) is 6.26 Å². The molecule has 27 heavy (non-hydrogen) atoms. The van der Waals surface area contributed by atoms with Crippen LogP contribution in [0, 0.1) is 5.82 Å². The van der Waals surface area contributed by atoms with E-state index < -0.39 is 0 Å². The van der Waals surface area contributed by atoms with Crippen molar-refractivity contribution in [3.05, 3.63) is 65.8 Å². The summed E-state index contributed by atoms with van der Waals surface area (Å²) >= 11 is 7.27. The molecular formula is C18H12ClFN6S. The second-order valence-corrected chi connectivity index (χ2v) is 6.65. The highest BCUT2D eigenvalue weighted by Gasteiger charge is 2.16. The molecule has 4 rings (SSSR count). The van der Waals surface area contributed by atoms with Gasteiger partial charge in [0, 0.05) is 23.5 Å². The number of benzene rings is 1. The molecule has 134 valence electrons. The van der Waals surface area contributed by atoms with E-state index in [0.29, 0.717) is 27.5 Å². The van der Waals surface area contributed by atoms with Gasteiger partial charge in [-0.3, -0.25) is 0 Å². The molecular weight excluding hydrogens is 387 g/mol. The lowest BCUT2D eigenvalue weighted by molar-refractivity contribution is 0.628. The molecule has 6 nitrogen and oxygen atoms in total. The number of rotatable bonds is 4. The van der Waals surface area contributed by atoms with E-state index in [4.69, 9.17) is 11.6 Å². The fourth-order valence-electron chi connectivity index (χ4n) is 2.52. The largest absolute Gasteiger partial charge is 0.231 e. The van der Waals surface area contributed by atoms with E-state index in [9.17, 15) is 4.39 Å². The van der Waals surface area contributed by atoms with Gasteiger partial charge in [0.05, 0.1) is 5.69 Å². The Hall–Kier alpha value is -2.84. The van der Waals surface area contributed by atoms with E-state index in [1.807, 2.05) is 18.5 Å². The smallest absolute Gasteiger partial charge is 0.187 e. The predicted molar refractivity (Wildman–Crippen MR) is 102 cm³/mol. The van der Waals surface area contributed by atoms with Gasteiger partial charge < -0.3 is 0 Å². The van der Waals surface area contributed by atoms with E-state index in [0.717, 1.165) is 11.1 Å². The summed E-state index contributed by atoms with van der Waals surface area (Å²) in [5.74, 6) is 0.197. The Morgan fingerprint density at radius 2 is 1.85 bits per heavy atom. The van der Waals surface area contributed by atoms with Gasteiger partial charge >= 0.3 is 0 Å². The van der Waals surface area contributed by atoms with E-state index in [-0.39, 0.29) is 5.82 Å². The number of thioether (sulfide) groups is 1. The van der Waals surface area contributed by atoms with Crippen molar-refractivity contribution >= 4 is 23.4 Å². The Kier molecular flexibility index (Phi) is 4.83. The Balaban J connectivity index is 1.89. The summed E-state index contributed by atoms with van der Waals surface area (Å²) in [6.07, 6.45) is 5.41. The lowest BCUT2D eigenvalue weighted by atomic mass is 10.1. The highest BCUT2D eigenvalue weighted by molar-refractivity contribution is 7.98. The van der Waals surface area contributed by atoms with Gasteiger partial charge in [-0.15, -0.1) is 10.2 Å². The fourth-order valence-corrected chi connectivity index (χ4v) is 2.98. The minimum atomic E-state index is -0.310. The first-order valence-electron chi connectivity index (χ1n) is 7.86. The molecule has 0 radical (unpaired) electrons. The van der Waals surface area contributed by atoms with Crippen LogP contribution in [0.25, 0.3) is 28.3 Å². The third-order valence-electron chi connectivity index (χ3n) is 3.78. The molecule has 0 aliphatic rings. The lowest BCUT2D eigenvalue weighted by Crippen LogP contribution is -1.99. The minimum Gasteiger partial charge on any atom is -0.231 e. The second kappa shape index (κ2) is 7.42. The van der Waals surface area contributed by atoms with Gasteiger partial charge in [0.15, 0.2) is 16.1 Å². The standard InChI is InChI=1S/C18H12ClFN6S/c1-27-18-21-9-8-14(22-18)13-10-26(16-7-6-15(19)23-24-16)25-17(13)11-2-4-12(20)5-3-11/h2-10H,1H3. The van der Waals surface area contributed by atoms with Crippen molar-refractivity contribution in [3.8, 4) is 28.3 Å². The van der Waals surface area contributed by atoms with Crippen LogP contribution in [-0.4, -0.2) is 36.2 Å². The van der Waals surface area contributed by atoms with Crippen LogP contribution >= 0.6 is 23.4 Å². The summed E-state index contributed by atoms with van der Waals surface area (Å²) in [5, 5.41) is 13.5. The average molecular weight is 399 g/mol. The van der Waals surface area contributed by atoms with Crippen LogP contribution in [-0.2, 0) is 0 Å². The Morgan fingerprint density at radius 3 is 2.56 bits per heavy atom. The molecule has 0 amide bonds. The van der Waals surface area contributed by atoms with Gasteiger partial charge in [-0.2, -0.15) is 5.10 Å². The molecule has 9 heteroatoms. The summed E-state index contributed by atoms with van der Waals surface area (Å²) < 4.78 is 14.9. The maximum atomic E-state index is 13.4. The Morgan fingerprint density at radius 1 is 1.04 bits per heavy atom. The van der Waals surface area contributed by atoms with Gasteiger partial charge in [-0.05, 0) is 48.7 Å². The zero-order valence-electron chi connectivity index (χ0n) is 14.0. The first kappa shape index (κ1) is 17.6. The summed E-state index contributed by atoms with van der Waals surface area (Å²) in [6.45, 7) is 0. The molecule has 4 aromatic rings. The van der Waals surface area contributed by atoms with E-state index in [2.05, 4.69) is 25.3 Å². The molecule has 0 bridgehead atoms. The van der Waals surface area contributed by atoms with Crippen LogP contribution < -0.4 is 0 Å². The van der Waals surface area contributed by atoms with E-state index >= 15 is 0 Å². The van der Waals surface area contributed by atoms with Gasteiger partial charge in [0.2, 0.25) is 0 Å². The third kappa shape index (κ3) is 3.67. The van der Waals surface area contributed by atoms with Crippen molar-refractivity contribution in [3.63, 3.8) is 0 Å². The molecule has 0 atom stereocenters. The molecule has 0 aliphatic carbocycles. The second-order valence-electron chi connectivity index (χ2n) is 5.49. The number of hydrogen-bond donors (Lipinski definition) is 0. The van der Waals surface area contributed by atoms with E-state index in [1.165, 1.54) is 23.9 Å². The molecule has 0 aliphatic heterocycles. The maximum Gasteiger partial charge on any atom is 0.187 e. The summed E-state index contributed by atoms with van der Waals surface area (Å²) in [5.41, 5.74) is 2.90. The highest BCUT2D eigenvalue weighted by atomic mass is 35.5. The Labute approximate surface area is 163 Å². The van der Waals surface area contributed by atoms with Crippen LogP contribution in [0.15, 0.2) is 60.0 Å². The van der Waals surface area contributed by atoms with E-state index in [1.54, 1.807) is 35.1 Å². The van der Waals surface area contributed by atoms with Crippen molar-refractivity contribution in [2.24, 2.45) is 0 Å². The number of halogens is 2. The molecule has 3 heterocycles. The van der Waals surface area contributed by atoms with Crippen molar-refractivity contribution < 1.29 is 4.39 Å². The normalized spacial score (nSPS) is 10.9. The van der Waals surface area contributed by atoms with Gasteiger partial charge in [-0.25, -0.2) is 19.0 Å². The van der Waals surface area contributed by atoms with Gasteiger partial charge in [0.25, 0.3) is 0 Å². The van der Waals surface area contributed by atoms with Crippen LogP contribution in [0.1, 0.15) is 0 Å². The van der Waals surface area contributed by atoms with Crippen LogP contribution in [0.3, 0.4) is 0 Å². The average Bonchev–Trinajstić information content (AvgIpc) is 3.14. The predicted octanol–water partition coefficient (Wildman–Crippen LogP) is 4.30. The zero-order chi connectivity index (χ0) is 18.8. The third-order valence-corrected chi connectivity index (χ3v) is 4.54. The SMILES string of the molecule is CSc1nccc(-c2cn(-c3ccc(Cl)nn3)nc2-c2ccc(F)cc2)n1. The molecule has 0 saturated heterocycles. The molecule has 0 N–H and O–H groups in total. The summed E-state index contributed by atoms with van der Waals surface area (Å²) in [6, 6.07) is 11.3. The molecule has 3 aromatic heterocycles. The lowest BCUT2D eigenvalue weighted by Gasteiger charge is -2.03. The monoisotopic (exact) mass is 398 g/mol. The first-order valence-corrected chi connectivity index (χ1v) is 9.47. The topological polar surface area (TPSA) is 69.4 Å². The molecule has 1 aromatic carbocycles. The molecule has 0 fully saturated rings. The number of hydrogen-bond acceptors (Lipinski definition) is 6. The van der Waals surface area contributed by atoms with Crippen molar-refractivity contribution in [1.29, 1.82) is 0 Å². The zero-order valence-corrected chi connectivity index (χ0v) is 15.6. The highest BCUT2D eigenvalue weighted by Crippen LogP contribution is 2.31. The quantitative estimate of drug-likeness (QED) is 0.377. The van der Waals surface area contributed by atoms with Gasteiger partial charge in [-0.1, -0.05) is 23.4 Å². The number of aromatic nitrogens is 6. The summed E-state index contributed by atoms with van der Waals surface area (Å²) in [7, 11) is 0. The van der Waals surface area contributed by atoms with Crippen molar-refractivity contribution in [2.45, 2.75) is 5.16 Å². The maximum absolute atomic E-state index is 13.4. The van der Waals surface area contributed by atoms with Crippen LogP contribution in [0.2, 0.25) is 5.15 Å². The van der Waals surface area contributed by atoms with Crippen molar-refractivity contribution in [1.82, 2.24) is 29.9 Å². The number of nitrogens with zero attached hydrogens (tertiary/aromatic N) is 6. The van der Waals surface area contributed by atoms with Crippen LogP contribution in [0.5, 0.6) is 0 Å². The first-order chi connectivity index (χ1) is 13.1. The molecule has 0 unspecified atom stereocenters. The molecule has 0 spiro atoms. The minimum absolute atomic E-state index is 0.297.